The van der Waals surface area contributed by atoms with Crippen molar-refractivity contribution < 1.29 is 18.7 Å². The zero-order valence-electron chi connectivity index (χ0n) is 20.6. The number of ether oxygens (including phenoxy) is 2. The number of benzene rings is 2. The molecule has 33 heavy (non-hydrogen) atoms. The molecule has 1 amide bonds. The molecule has 1 aromatic heterocycles. The van der Waals surface area contributed by atoms with Crippen molar-refractivity contribution in [1.29, 1.82) is 0 Å². The highest BCUT2D eigenvalue weighted by atomic mass is 16.5. The summed E-state index contributed by atoms with van der Waals surface area (Å²) in [5, 5.41) is 3.97. The average Bonchev–Trinajstić information content (AvgIpc) is 3.20. The van der Waals surface area contributed by atoms with Crippen molar-refractivity contribution >= 4 is 22.4 Å². The molecule has 176 valence electrons. The second kappa shape index (κ2) is 11.1. The first kappa shape index (κ1) is 24.4. The van der Waals surface area contributed by atoms with Gasteiger partial charge in [-0.2, -0.15) is 0 Å². The van der Waals surface area contributed by atoms with E-state index in [9.17, 15) is 4.79 Å². The fourth-order valence-electron chi connectivity index (χ4n) is 3.87. The van der Waals surface area contributed by atoms with Crippen molar-refractivity contribution in [2.45, 2.75) is 48.0 Å². The van der Waals surface area contributed by atoms with Crippen LogP contribution in [0.1, 0.15) is 52.2 Å². The van der Waals surface area contributed by atoms with Gasteiger partial charge in [-0.15, -0.1) is 0 Å². The number of hydrogen-bond acceptors (Lipinski definition) is 4. The summed E-state index contributed by atoms with van der Waals surface area (Å²) in [6, 6.07) is 10.1. The molecule has 1 heterocycles. The quantitative estimate of drug-likeness (QED) is 0.347. The normalized spacial score (nSPS) is 11.8. The van der Waals surface area contributed by atoms with Gasteiger partial charge in [0.15, 0.2) is 0 Å². The van der Waals surface area contributed by atoms with Gasteiger partial charge in [0.05, 0.1) is 19.5 Å². The summed E-state index contributed by atoms with van der Waals surface area (Å²) < 4.78 is 17.6. The monoisotopic (exact) mass is 449 g/mol. The largest absolute Gasteiger partial charge is 0.494 e. The van der Waals surface area contributed by atoms with Crippen LogP contribution in [0, 0.1) is 12.8 Å². The third-order valence-electron chi connectivity index (χ3n) is 5.60. The topological polar surface area (TPSA) is 60.7 Å². The molecular weight excluding hydrogens is 414 g/mol. The molecule has 0 atom stereocenters. The molecule has 3 aromatic rings. The highest BCUT2D eigenvalue weighted by Crippen LogP contribution is 2.41. The van der Waals surface area contributed by atoms with Crippen LogP contribution in [-0.2, 0) is 4.79 Å². The number of carbonyl (C=O) groups is 1. The Bertz CT molecular complexity index is 1120. The Labute approximate surface area is 196 Å². The molecule has 0 fully saturated rings. The Morgan fingerprint density at radius 1 is 1.12 bits per heavy atom. The van der Waals surface area contributed by atoms with Crippen LogP contribution in [0.25, 0.3) is 27.7 Å². The summed E-state index contributed by atoms with van der Waals surface area (Å²) in [7, 11) is 0. The molecule has 0 aliphatic rings. The van der Waals surface area contributed by atoms with Gasteiger partial charge in [0.1, 0.15) is 17.1 Å². The summed E-state index contributed by atoms with van der Waals surface area (Å²) in [5.74, 6) is 2.05. The minimum atomic E-state index is -0.0905. The predicted molar refractivity (Wildman–Crippen MR) is 135 cm³/mol. The molecule has 5 nitrogen and oxygen atoms in total. The fourth-order valence-corrected chi connectivity index (χ4v) is 3.87. The maximum atomic E-state index is 12.5. The van der Waals surface area contributed by atoms with Crippen molar-refractivity contribution in [3.63, 3.8) is 0 Å². The van der Waals surface area contributed by atoms with E-state index in [-0.39, 0.29) is 5.91 Å². The molecule has 0 bridgehead atoms. The molecular formula is C28H35NO4. The number of aryl methyl sites for hydroxylation is 1. The van der Waals surface area contributed by atoms with E-state index in [1.165, 1.54) is 0 Å². The van der Waals surface area contributed by atoms with Gasteiger partial charge in [0, 0.05) is 34.7 Å². The van der Waals surface area contributed by atoms with Gasteiger partial charge >= 0.3 is 0 Å². The molecule has 0 aliphatic carbocycles. The number of amides is 1. The van der Waals surface area contributed by atoms with E-state index in [2.05, 4.69) is 25.2 Å². The summed E-state index contributed by atoms with van der Waals surface area (Å²) in [6.45, 7) is 14.0. The van der Waals surface area contributed by atoms with Gasteiger partial charge in [-0.05, 0) is 69.4 Å². The summed E-state index contributed by atoms with van der Waals surface area (Å²) in [5.41, 5.74) is 5.50. The van der Waals surface area contributed by atoms with Crippen molar-refractivity contribution in [2.24, 2.45) is 5.92 Å². The van der Waals surface area contributed by atoms with Crippen molar-refractivity contribution in [2.75, 3.05) is 19.8 Å². The minimum Gasteiger partial charge on any atom is -0.494 e. The number of fused-ring (bicyclic) bond motifs is 1. The van der Waals surface area contributed by atoms with Crippen LogP contribution >= 0.6 is 0 Å². The first-order chi connectivity index (χ1) is 15.8. The van der Waals surface area contributed by atoms with Crippen LogP contribution < -0.4 is 14.8 Å². The zero-order chi connectivity index (χ0) is 24.0. The molecule has 0 aliphatic heterocycles. The minimum absolute atomic E-state index is 0.0905. The molecule has 1 N–H and O–H groups in total. The first-order valence-corrected chi connectivity index (χ1v) is 11.7. The van der Waals surface area contributed by atoms with Crippen LogP contribution in [0.2, 0.25) is 0 Å². The smallest absolute Gasteiger partial charge is 0.244 e. The molecule has 0 unspecified atom stereocenters. The Morgan fingerprint density at radius 3 is 2.45 bits per heavy atom. The second-order valence-corrected chi connectivity index (χ2v) is 8.60. The van der Waals surface area contributed by atoms with Crippen LogP contribution in [0.3, 0.4) is 0 Å². The van der Waals surface area contributed by atoms with Crippen molar-refractivity contribution in [1.82, 2.24) is 5.32 Å². The van der Waals surface area contributed by atoms with Crippen LogP contribution in [0.15, 0.2) is 47.1 Å². The highest BCUT2D eigenvalue weighted by molar-refractivity contribution is 6.01. The molecule has 2 aromatic carbocycles. The molecule has 3 rings (SSSR count). The maximum Gasteiger partial charge on any atom is 0.244 e. The Morgan fingerprint density at radius 2 is 1.82 bits per heavy atom. The Balaban J connectivity index is 2.02. The molecule has 0 spiro atoms. The number of nitrogens with one attached hydrogen (secondary N) is 1. The molecule has 0 saturated heterocycles. The standard InChI is InChI=1S/C28H35NO4/c1-7-31-22-11-9-21(10-12-22)25-17-33-28-20(6)27(32-8-2)23(16-24(25)28)19(5)15-26(30)29-14-13-18(3)4/h9-12,15-18H,7-8,13-14H2,1-6H3,(H,29,30)/b19-15+. The maximum absolute atomic E-state index is 12.5. The van der Waals surface area contributed by atoms with Crippen LogP contribution in [-0.4, -0.2) is 25.7 Å². The van der Waals surface area contributed by atoms with E-state index in [4.69, 9.17) is 13.9 Å². The van der Waals surface area contributed by atoms with Gasteiger partial charge in [0.2, 0.25) is 5.91 Å². The van der Waals surface area contributed by atoms with E-state index in [1.807, 2.05) is 52.0 Å². The Kier molecular flexibility index (Phi) is 8.21. The lowest BCUT2D eigenvalue weighted by atomic mass is 9.96. The lowest BCUT2D eigenvalue weighted by Crippen LogP contribution is -2.23. The zero-order valence-corrected chi connectivity index (χ0v) is 20.6. The van der Waals surface area contributed by atoms with E-state index in [0.29, 0.717) is 25.7 Å². The SMILES string of the molecule is CCOc1ccc(-c2coc3c(C)c(OCC)c(/C(C)=C/C(=O)NCCC(C)C)cc23)cc1. The number of rotatable bonds is 10. The van der Waals surface area contributed by atoms with E-state index in [0.717, 1.165) is 56.7 Å². The van der Waals surface area contributed by atoms with Gasteiger partial charge in [-0.3, -0.25) is 4.79 Å². The number of allylic oxidation sites excluding steroid dienone is 1. The molecule has 5 heteroatoms. The summed E-state index contributed by atoms with van der Waals surface area (Å²) in [4.78, 5) is 12.5. The summed E-state index contributed by atoms with van der Waals surface area (Å²) >= 11 is 0. The molecule has 0 radical (unpaired) electrons. The van der Waals surface area contributed by atoms with Gasteiger partial charge < -0.3 is 19.2 Å². The van der Waals surface area contributed by atoms with Gasteiger partial charge in [-0.25, -0.2) is 0 Å². The van der Waals surface area contributed by atoms with Crippen molar-refractivity contribution in [3.8, 4) is 22.6 Å². The predicted octanol–water partition coefficient (Wildman–Crippen LogP) is 6.77. The van der Waals surface area contributed by atoms with Gasteiger partial charge in [-0.1, -0.05) is 26.0 Å². The van der Waals surface area contributed by atoms with Crippen LogP contribution in [0.5, 0.6) is 11.5 Å². The van der Waals surface area contributed by atoms with E-state index < -0.39 is 0 Å². The third-order valence-corrected chi connectivity index (χ3v) is 5.60. The van der Waals surface area contributed by atoms with Crippen LogP contribution in [0.4, 0.5) is 0 Å². The highest BCUT2D eigenvalue weighted by Gasteiger charge is 2.19. The van der Waals surface area contributed by atoms with Crippen molar-refractivity contribution in [3.05, 3.63) is 53.8 Å². The average molecular weight is 450 g/mol. The number of furan rings is 1. The summed E-state index contributed by atoms with van der Waals surface area (Å²) in [6.07, 6.45) is 4.39. The Hall–Kier alpha value is -3.21. The second-order valence-electron chi connectivity index (χ2n) is 8.60. The lowest BCUT2D eigenvalue weighted by Gasteiger charge is -2.15. The first-order valence-electron chi connectivity index (χ1n) is 11.7. The number of hydrogen-bond donors (Lipinski definition) is 1. The van der Waals surface area contributed by atoms with Gasteiger partial charge in [0.25, 0.3) is 0 Å². The lowest BCUT2D eigenvalue weighted by molar-refractivity contribution is -0.116. The van der Waals surface area contributed by atoms with E-state index in [1.54, 1.807) is 12.3 Å². The third kappa shape index (κ3) is 5.78. The van der Waals surface area contributed by atoms with E-state index >= 15 is 0 Å². The number of carbonyl (C=O) groups excluding carboxylic acids is 1. The fraction of sp³-hybridized carbons (Fsp3) is 0.393. The molecule has 0 saturated carbocycles.